The molecule has 0 aliphatic carbocycles. The first-order chi connectivity index (χ1) is 7.84. The Morgan fingerprint density at radius 2 is 2.18 bits per heavy atom. The molecular formula is C8H8ClFN2O4S. The van der Waals surface area contributed by atoms with Gasteiger partial charge < -0.3 is 5.73 Å². The van der Waals surface area contributed by atoms with Gasteiger partial charge in [0.05, 0.1) is 5.02 Å². The van der Waals surface area contributed by atoms with E-state index in [1.54, 1.807) is 4.89 Å². The van der Waals surface area contributed by atoms with E-state index in [9.17, 15) is 17.6 Å². The number of sulfonamides is 1. The summed E-state index contributed by atoms with van der Waals surface area (Å²) in [5.41, 5.74) is 4.72. The van der Waals surface area contributed by atoms with Crippen molar-refractivity contribution in [2.24, 2.45) is 5.73 Å². The van der Waals surface area contributed by atoms with Gasteiger partial charge in [-0.2, -0.15) is 0 Å². The summed E-state index contributed by atoms with van der Waals surface area (Å²) in [7, 11) is -4.25. The van der Waals surface area contributed by atoms with E-state index in [4.69, 9.17) is 17.3 Å². The highest BCUT2D eigenvalue weighted by atomic mass is 35.5. The molecule has 0 radical (unpaired) electrons. The number of primary amides is 1. The quantitative estimate of drug-likeness (QED) is 0.752. The van der Waals surface area contributed by atoms with Gasteiger partial charge in [-0.05, 0) is 12.1 Å². The molecule has 94 valence electrons. The van der Waals surface area contributed by atoms with Crippen LogP contribution < -0.4 is 10.6 Å². The summed E-state index contributed by atoms with van der Waals surface area (Å²) in [4.78, 5) is 15.5. The molecule has 1 amide bonds. The topological polar surface area (TPSA) is 98.5 Å². The van der Waals surface area contributed by atoms with Gasteiger partial charge in [0.25, 0.3) is 10.0 Å². The molecule has 0 spiro atoms. The second-order valence-corrected chi connectivity index (χ2v) is 4.91. The Bertz CT molecular complexity index is 534. The van der Waals surface area contributed by atoms with Crippen molar-refractivity contribution < 1.29 is 22.4 Å². The fourth-order valence-electron chi connectivity index (χ4n) is 0.915. The number of benzene rings is 1. The molecule has 1 rings (SSSR count). The van der Waals surface area contributed by atoms with Crippen LogP contribution in [0.5, 0.6) is 0 Å². The number of halogens is 2. The largest absolute Gasteiger partial charge is 0.368 e. The average molecular weight is 283 g/mol. The van der Waals surface area contributed by atoms with Crippen LogP contribution in [0, 0.1) is 5.82 Å². The highest BCUT2D eigenvalue weighted by Gasteiger charge is 2.21. The highest BCUT2D eigenvalue weighted by molar-refractivity contribution is 7.89. The fraction of sp³-hybridized carbons (Fsp3) is 0.125. The summed E-state index contributed by atoms with van der Waals surface area (Å²) in [6, 6.07) is 3.45. The van der Waals surface area contributed by atoms with Gasteiger partial charge >= 0.3 is 0 Å². The highest BCUT2D eigenvalue weighted by Crippen LogP contribution is 2.21. The molecule has 0 aliphatic heterocycles. The van der Waals surface area contributed by atoms with Crippen molar-refractivity contribution in [3.05, 3.63) is 29.0 Å². The summed E-state index contributed by atoms with van der Waals surface area (Å²) in [6.45, 7) is -0.665. The van der Waals surface area contributed by atoms with Crippen molar-refractivity contribution in [3.8, 4) is 0 Å². The van der Waals surface area contributed by atoms with Crippen LogP contribution in [0.4, 0.5) is 4.39 Å². The van der Waals surface area contributed by atoms with Crippen molar-refractivity contribution in [2.45, 2.75) is 4.90 Å². The van der Waals surface area contributed by atoms with Gasteiger partial charge in [-0.25, -0.2) is 12.8 Å². The van der Waals surface area contributed by atoms with E-state index in [0.29, 0.717) is 0 Å². The Hall–Kier alpha value is -1.22. The van der Waals surface area contributed by atoms with Gasteiger partial charge in [-0.1, -0.05) is 22.6 Å². The molecule has 0 unspecified atom stereocenters. The summed E-state index contributed by atoms with van der Waals surface area (Å²) >= 11 is 5.42. The van der Waals surface area contributed by atoms with E-state index in [2.05, 4.69) is 4.84 Å². The number of rotatable bonds is 5. The van der Waals surface area contributed by atoms with Crippen LogP contribution in [-0.4, -0.2) is 20.9 Å². The van der Waals surface area contributed by atoms with Crippen molar-refractivity contribution in [1.29, 1.82) is 0 Å². The second kappa shape index (κ2) is 5.41. The molecule has 3 N–H and O–H groups in total. The maximum absolute atomic E-state index is 13.4. The molecule has 1 aromatic carbocycles. The van der Waals surface area contributed by atoms with Crippen molar-refractivity contribution in [2.75, 3.05) is 6.61 Å². The molecule has 0 bridgehead atoms. The van der Waals surface area contributed by atoms with E-state index in [1.165, 1.54) is 12.1 Å². The fourth-order valence-corrected chi connectivity index (χ4v) is 2.05. The van der Waals surface area contributed by atoms with Gasteiger partial charge in [0, 0.05) is 0 Å². The molecule has 9 heteroatoms. The lowest BCUT2D eigenvalue weighted by atomic mass is 10.3. The lowest BCUT2D eigenvalue weighted by Crippen LogP contribution is -2.30. The predicted molar refractivity (Wildman–Crippen MR) is 56.9 cm³/mol. The third-order valence-electron chi connectivity index (χ3n) is 1.59. The minimum absolute atomic E-state index is 0.345. The number of carbonyl (C=O) groups excluding carboxylic acids is 1. The summed E-state index contributed by atoms with van der Waals surface area (Å²) < 4.78 is 36.4. The number of amides is 1. The SMILES string of the molecule is NC(=O)CONS(=O)(=O)c1cccc(Cl)c1F. The van der Waals surface area contributed by atoms with Gasteiger partial charge in [0.15, 0.2) is 5.82 Å². The second-order valence-electron chi connectivity index (χ2n) is 2.89. The standard InChI is InChI=1S/C8H8ClFN2O4S/c9-5-2-1-3-6(8(5)10)17(14,15)12-16-4-7(11)13/h1-3,12H,4H2,(H2,11,13). The van der Waals surface area contributed by atoms with Gasteiger partial charge in [0.2, 0.25) is 5.91 Å². The molecular weight excluding hydrogens is 275 g/mol. The Morgan fingerprint density at radius 3 is 2.76 bits per heavy atom. The van der Waals surface area contributed by atoms with E-state index >= 15 is 0 Å². The Balaban J connectivity index is 2.90. The number of nitrogens with two attached hydrogens (primary N) is 1. The minimum atomic E-state index is -4.25. The van der Waals surface area contributed by atoms with Crippen molar-refractivity contribution >= 4 is 27.5 Å². The molecule has 1 aromatic rings. The molecule has 17 heavy (non-hydrogen) atoms. The van der Waals surface area contributed by atoms with Crippen LogP contribution in [0.2, 0.25) is 5.02 Å². The predicted octanol–water partition coefficient (Wildman–Crippen LogP) is 0.174. The lowest BCUT2D eigenvalue weighted by Gasteiger charge is -2.07. The molecule has 0 atom stereocenters. The molecule has 0 fully saturated rings. The van der Waals surface area contributed by atoms with Crippen LogP contribution >= 0.6 is 11.6 Å². The Morgan fingerprint density at radius 1 is 1.53 bits per heavy atom. The molecule has 0 saturated carbocycles. The Kier molecular flexibility index (Phi) is 4.40. The summed E-state index contributed by atoms with van der Waals surface area (Å²) in [5.74, 6) is -1.98. The maximum atomic E-state index is 13.4. The summed E-state index contributed by atoms with van der Waals surface area (Å²) in [6.07, 6.45) is 0. The third-order valence-corrected chi connectivity index (χ3v) is 3.11. The smallest absolute Gasteiger partial charge is 0.265 e. The van der Waals surface area contributed by atoms with E-state index in [1.807, 2.05) is 0 Å². The first-order valence-corrected chi connectivity index (χ1v) is 6.06. The maximum Gasteiger partial charge on any atom is 0.265 e. The monoisotopic (exact) mass is 282 g/mol. The Labute approximate surface area is 102 Å². The normalized spacial score (nSPS) is 11.4. The first-order valence-electron chi connectivity index (χ1n) is 4.20. The average Bonchev–Trinajstić information content (AvgIpc) is 2.21. The van der Waals surface area contributed by atoms with Crippen LogP contribution in [0.15, 0.2) is 23.1 Å². The van der Waals surface area contributed by atoms with E-state index in [-0.39, 0.29) is 5.02 Å². The lowest BCUT2D eigenvalue weighted by molar-refractivity contribution is -0.123. The summed E-state index contributed by atoms with van der Waals surface area (Å²) in [5, 5.41) is -0.345. The first kappa shape index (κ1) is 13.8. The van der Waals surface area contributed by atoms with E-state index < -0.39 is 33.3 Å². The minimum Gasteiger partial charge on any atom is -0.368 e. The third kappa shape index (κ3) is 3.63. The molecule has 0 aliphatic rings. The number of nitrogens with one attached hydrogen (secondary N) is 1. The molecule has 6 nitrogen and oxygen atoms in total. The zero-order valence-corrected chi connectivity index (χ0v) is 9.89. The van der Waals surface area contributed by atoms with Crippen LogP contribution in [0.25, 0.3) is 0 Å². The van der Waals surface area contributed by atoms with Gasteiger partial charge in [-0.3, -0.25) is 9.63 Å². The van der Waals surface area contributed by atoms with Gasteiger partial charge in [-0.15, -0.1) is 0 Å². The van der Waals surface area contributed by atoms with Crippen LogP contribution in [0.1, 0.15) is 0 Å². The zero-order chi connectivity index (χ0) is 13.1. The molecule has 0 aromatic heterocycles. The van der Waals surface area contributed by atoms with Gasteiger partial charge in [0.1, 0.15) is 11.5 Å². The van der Waals surface area contributed by atoms with Crippen LogP contribution in [0.3, 0.4) is 0 Å². The van der Waals surface area contributed by atoms with Crippen molar-refractivity contribution in [1.82, 2.24) is 4.89 Å². The van der Waals surface area contributed by atoms with Crippen LogP contribution in [-0.2, 0) is 19.7 Å². The molecule has 0 saturated heterocycles. The number of hydrogen-bond donors (Lipinski definition) is 2. The molecule has 0 heterocycles. The zero-order valence-electron chi connectivity index (χ0n) is 8.31. The number of carbonyl (C=O) groups is 1. The number of hydrogen-bond acceptors (Lipinski definition) is 4. The van der Waals surface area contributed by atoms with Crippen molar-refractivity contribution in [3.63, 3.8) is 0 Å². The van der Waals surface area contributed by atoms with E-state index in [0.717, 1.165) is 6.07 Å².